The standard InChI is InChI=1S/C19H21F3O2/c1-24-16-3-2-14(17(23)19(20,21)22)7-15(16)18-8-11-4-12(9-18)6-13(5-11)10-18/h2-3,7,11-13H,4-6,8-10H2,1H3. The minimum Gasteiger partial charge on any atom is -0.496 e. The molecular weight excluding hydrogens is 317 g/mol. The number of hydrogen-bond acceptors (Lipinski definition) is 2. The molecule has 24 heavy (non-hydrogen) atoms. The molecule has 0 spiro atoms. The van der Waals surface area contributed by atoms with Crippen LogP contribution in [0.15, 0.2) is 18.2 Å². The van der Waals surface area contributed by atoms with Gasteiger partial charge in [-0.15, -0.1) is 0 Å². The zero-order chi connectivity index (χ0) is 17.1. The Bertz CT molecular complexity index is 642. The van der Waals surface area contributed by atoms with Crippen molar-refractivity contribution in [1.29, 1.82) is 0 Å². The summed E-state index contributed by atoms with van der Waals surface area (Å²) in [6.07, 6.45) is 1.96. The monoisotopic (exact) mass is 338 g/mol. The maximum absolute atomic E-state index is 12.8. The van der Waals surface area contributed by atoms with E-state index in [0.717, 1.165) is 24.8 Å². The third kappa shape index (κ3) is 2.44. The van der Waals surface area contributed by atoms with Gasteiger partial charge in [0.15, 0.2) is 0 Å². The van der Waals surface area contributed by atoms with E-state index < -0.39 is 12.0 Å². The van der Waals surface area contributed by atoms with Crippen LogP contribution in [0.5, 0.6) is 5.75 Å². The predicted molar refractivity (Wildman–Crippen MR) is 83.2 cm³/mol. The Morgan fingerprint density at radius 2 is 1.62 bits per heavy atom. The van der Waals surface area contributed by atoms with Gasteiger partial charge in [0.1, 0.15) is 5.75 Å². The van der Waals surface area contributed by atoms with Gasteiger partial charge in [-0.1, -0.05) is 0 Å². The van der Waals surface area contributed by atoms with Crippen LogP contribution < -0.4 is 4.74 Å². The summed E-state index contributed by atoms with van der Waals surface area (Å²) < 4.78 is 44.0. The first-order chi connectivity index (χ1) is 11.3. The second kappa shape index (κ2) is 5.24. The van der Waals surface area contributed by atoms with Crippen LogP contribution in [0.1, 0.15) is 54.4 Å². The van der Waals surface area contributed by atoms with Crippen molar-refractivity contribution in [3.05, 3.63) is 29.3 Å². The molecule has 4 aliphatic carbocycles. The van der Waals surface area contributed by atoms with Crippen molar-refractivity contribution in [2.24, 2.45) is 17.8 Å². The zero-order valence-corrected chi connectivity index (χ0v) is 13.7. The quantitative estimate of drug-likeness (QED) is 0.732. The van der Waals surface area contributed by atoms with Crippen LogP contribution in [-0.2, 0) is 5.41 Å². The highest BCUT2D eigenvalue weighted by Crippen LogP contribution is 2.62. The molecule has 0 atom stereocenters. The Hall–Kier alpha value is -1.52. The Balaban J connectivity index is 1.78. The number of hydrogen-bond donors (Lipinski definition) is 0. The smallest absolute Gasteiger partial charge is 0.454 e. The molecule has 0 amide bonds. The van der Waals surface area contributed by atoms with E-state index in [-0.39, 0.29) is 11.0 Å². The summed E-state index contributed by atoms with van der Waals surface area (Å²) in [5.74, 6) is 0.862. The summed E-state index contributed by atoms with van der Waals surface area (Å²) >= 11 is 0. The highest BCUT2D eigenvalue weighted by Gasteiger charge is 2.52. The normalized spacial score (nSPS) is 34.4. The van der Waals surface area contributed by atoms with E-state index in [1.807, 2.05) is 0 Å². The van der Waals surface area contributed by atoms with Gasteiger partial charge in [0, 0.05) is 11.1 Å². The van der Waals surface area contributed by atoms with E-state index >= 15 is 0 Å². The molecule has 2 nitrogen and oxygen atoms in total. The van der Waals surface area contributed by atoms with Gasteiger partial charge in [-0.25, -0.2) is 0 Å². The molecule has 0 aromatic heterocycles. The third-order valence-electron chi connectivity index (χ3n) is 6.33. The number of halogens is 3. The number of Topliss-reactive ketones (excluding diaryl/α,β-unsaturated/α-hetero) is 1. The fourth-order valence-electron chi connectivity index (χ4n) is 5.87. The molecule has 4 fully saturated rings. The maximum atomic E-state index is 12.8. The van der Waals surface area contributed by atoms with Crippen LogP contribution in [0.25, 0.3) is 0 Å². The van der Waals surface area contributed by atoms with Crippen molar-refractivity contribution in [3.8, 4) is 5.75 Å². The lowest BCUT2D eigenvalue weighted by Gasteiger charge is -2.57. The second-order valence-electron chi connectivity index (χ2n) is 7.94. The summed E-state index contributed by atoms with van der Waals surface area (Å²) in [6.45, 7) is 0. The zero-order valence-electron chi connectivity index (χ0n) is 13.7. The average Bonchev–Trinajstić information content (AvgIpc) is 2.51. The highest BCUT2D eigenvalue weighted by atomic mass is 19.4. The predicted octanol–water partition coefficient (Wildman–Crippen LogP) is 4.91. The summed E-state index contributed by atoms with van der Waals surface area (Å²) in [6, 6.07) is 4.23. The fraction of sp³-hybridized carbons (Fsp3) is 0.632. The largest absolute Gasteiger partial charge is 0.496 e. The molecule has 1 aromatic rings. The molecule has 0 radical (unpaired) electrons. The molecule has 0 aliphatic heterocycles. The van der Waals surface area contributed by atoms with Crippen LogP contribution in [-0.4, -0.2) is 19.1 Å². The molecule has 5 heteroatoms. The van der Waals surface area contributed by atoms with Crippen molar-refractivity contribution in [2.75, 3.05) is 7.11 Å². The minimum atomic E-state index is -4.84. The van der Waals surface area contributed by atoms with Crippen molar-refractivity contribution in [1.82, 2.24) is 0 Å². The second-order valence-corrected chi connectivity index (χ2v) is 7.94. The molecule has 130 valence electrons. The average molecular weight is 338 g/mol. The molecule has 1 aromatic carbocycles. The number of methoxy groups -OCH3 is 1. The van der Waals surface area contributed by atoms with Crippen molar-refractivity contribution in [2.45, 2.75) is 50.1 Å². The number of ether oxygens (including phenoxy) is 1. The first-order valence-electron chi connectivity index (χ1n) is 8.61. The van der Waals surface area contributed by atoms with E-state index in [1.165, 1.54) is 37.5 Å². The summed E-state index contributed by atoms with van der Waals surface area (Å²) in [5, 5.41) is 0. The molecule has 0 N–H and O–H groups in total. The van der Waals surface area contributed by atoms with Crippen LogP contribution >= 0.6 is 0 Å². The molecule has 0 saturated heterocycles. The Morgan fingerprint density at radius 3 is 2.08 bits per heavy atom. The van der Waals surface area contributed by atoms with Crippen molar-refractivity contribution < 1.29 is 22.7 Å². The lowest BCUT2D eigenvalue weighted by Crippen LogP contribution is -2.48. The van der Waals surface area contributed by atoms with Gasteiger partial charge in [0.05, 0.1) is 7.11 Å². The number of carbonyl (C=O) groups is 1. The van der Waals surface area contributed by atoms with Crippen LogP contribution in [0.2, 0.25) is 0 Å². The van der Waals surface area contributed by atoms with E-state index in [9.17, 15) is 18.0 Å². The van der Waals surface area contributed by atoms with Crippen LogP contribution in [0.4, 0.5) is 13.2 Å². The summed E-state index contributed by atoms with van der Waals surface area (Å²) in [5.41, 5.74) is 0.440. The lowest BCUT2D eigenvalue weighted by molar-refractivity contribution is -0.0885. The van der Waals surface area contributed by atoms with Crippen LogP contribution in [0, 0.1) is 17.8 Å². The topological polar surface area (TPSA) is 26.3 Å². The first kappa shape index (κ1) is 16.0. The lowest BCUT2D eigenvalue weighted by atomic mass is 9.48. The van der Waals surface area contributed by atoms with Crippen molar-refractivity contribution in [3.63, 3.8) is 0 Å². The number of carbonyl (C=O) groups excluding carboxylic acids is 1. The van der Waals surface area contributed by atoms with E-state index in [1.54, 1.807) is 7.11 Å². The molecule has 4 bridgehead atoms. The highest BCUT2D eigenvalue weighted by molar-refractivity contribution is 6.00. The molecule has 4 aliphatic rings. The number of ketones is 1. The van der Waals surface area contributed by atoms with Gasteiger partial charge in [-0.2, -0.15) is 13.2 Å². The van der Waals surface area contributed by atoms with Crippen LogP contribution in [0.3, 0.4) is 0 Å². The molecule has 0 unspecified atom stereocenters. The van der Waals surface area contributed by atoms with Gasteiger partial charge in [0.2, 0.25) is 0 Å². The number of alkyl halides is 3. The third-order valence-corrected chi connectivity index (χ3v) is 6.33. The van der Waals surface area contributed by atoms with Gasteiger partial charge in [0.25, 0.3) is 5.78 Å². The summed E-state index contributed by atoms with van der Waals surface area (Å²) in [7, 11) is 1.55. The van der Waals surface area contributed by atoms with Crippen molar-refractivity contribution >= 4 is 5.78 Å². The fourth-order valence-corrected chi connectivity index (χ4v) is 5.87. The van der Waals surface area contributed by atoms with Gasteiger partial charge in [-0.3, -0.25) is 4.79 Å². The first-order valence-corrected chi connectivity index (χ1v) is 8.61. The molecular formula is C19H21F3O2. The molecule has 4 saturated carbocycles. The maximum Gasteiger partial charge on any atom is 0.454 e. The Labute approximate surface area is 139 Å². The summed E-state index contributed by atoms with van der Waals surface area (Å²) in [4.78, 5) is 11.7. The number of rotatable bonds is 3. The van der Waals surface area contributed by atoms with E-state index in [2.05, 4.69) is 0 Å². The van der Waals surface area contributed by atoms with E-state index in [0.29, 0.717) is 23.5 Å². The minimum absolute atomic E-state index is 0.109. The Morgan fingerprint density at radius 1 is 1.08 bits per heavy atom. The van der Waals surface area contributed by atoms with E-state index in [4.69, 9.17) is 4.74 Å². The number of benzene rings is 1. The van der Waals surface area contributed by atoms with Gasteiger partial charge in [-0.05, 0) is 79.9 Å². The van der Waals surface area contributed by atoms with Gasteiger partial charge < -0.3 is 4.74 Å². The Kier molecular flexibility index (Phi) is 3.49. The molecule has 0 heterocycles. The molecule has 5 rings (SSSR count). The SMILES string of the molecule is COc1ccc(C(=O)C(F)(F)F)cc1C12CC3CC(CC(C3)C1)C2. The van der Waals surface area contributed by atoms with Gasteiger partial charge >= 0.3 is 6.18 Å².